The van der Waals surface area contributed by atoms with Gasteiger partial charge in [-0.25, -0.2) is 0 Å². The van der Waals surface area contributed by atoms with Crippen molar-refractivity contribution in [2.24, 2.45) is 5.92 Å². The Kier molecular flexibility index (Phi) is 6.11. The minimum atomic E-state index is 0.279. The molecule has 0 aliphatic carbocycles. The van der Waals surface area contributed by atoms with Gasteiger partial charge in [0.2, 0.25) is 5.91 Å². The number of carbonyl (C=O) groups is 1. The molecule has 2 saturated heterocycles. The van der Waals surface area contributed by atoms with Gasteiger partial charge in [-0.05, 0) is 52.1 Å². The number of carbonyl (C=O) groups excluding carboxylic acids is 1. The first kappa shape index (κ1) is 14.8. The number of rotatable bonds is 5. The maximum Gasteiger partial charge on any atom is 0.225 e. The summed E-state index contributed by atoms with van der Waals surface area (Å²) >= 11 is 0. The lowest BCUT2D eigenvalue weighted by atomic mass is 9.94. The first-order chi connectivity index (χ1) is 9.31. The van der Waals surface area contributed by atoms with Crippen LogP contribution in [0.25, 0.3) is 0 Å². The van der Waals surface area contributed by atoms with Gasteiger partial charge in [0, 0.05) is 32.2 Å². The summed E-state index contributed by atoms with van der Waals surface area (Å²) in [4.78, 5) is 16.9. The Balaban J connectivity index is 1.68. The topological polar surface area (TPSA) is 32.8 Å². The normalized spacial score (nSPS) is 22.7. The van der Waals surface area contributed by atoms with Crippen LogP contribution in [-0.4, -0.2) is 61.6 Å². The molecule has 2 heterocycles. The van der Waals surface area contributed by atoms with Crippen LogP contribution in [0.3, 0.4) is 0 Å². The molecule has 4 heteroatoms. The number of amides is 1. The molecule has 0 atom stereocenters. The van der Waals surface area contributed by atoms with Crippen molar-refractivity contribution in [3.8, 4) is 0 Å². The number of nitrogens with zero attached hydrogens (tertiary/aromatic N) is 2. The van der Waals surface area contributed by atoms with Gasteiger partial charge < -0.3 is 14.5 Å². The highest BCUT2D eigenvalue weighted by molar-refractivity contribution is 5.79. The molecule has 2 rings (SSSR count). The second-order valence-corrected chi connectivity index (χ2v) is 5.70. The molecule has 0 aromatic heterocycles. The molecule has 0 spiro atoms. The zero-order chi connectivity index (χ0) is 13.5. The van der Waals surface area contributed by atoms with Gasteiger partial charge >= 0.3 is 0 Å². The van der Waals surface area contributed by atoms with E-state index in [0.717, 1.165) is 58.8 Å². The lowest BCUT2D eigenvalue weighted by Crippen LogP contribution is -2.44. The summed E-state index contributed by atoms with van der Waals surface area (Å²) in [5.74, 6) is 0.700. The molecule has 2 aliphatic heterocycles. The predicted molar refractivity (Wildman–Crippen MR) is 76.1 cm³/mol. The molecule has 110 valence electrons. The molecule has 0 aromatic carbocycles. The fraction of sp³-hybridized carbons (Fsp3) is 0.933. The Labute approximate surface area is 117 Å². The van der Waals surface area contributed by atoms with Gasteiger partial charge in [0.15, 0.2) is 0 Å². The summed E-state index contributed by atoms with van der Waals surface area (Å²) in [7, 11) is 0. The van der Waals surface area contributed by atoms with Crippen LogP contribution in [0, 0.1) is 5.92 Å². The van der Waals surface area contributed by atoms with Crippen LogP contribution < -0.4 is 0 Å². The van der Waals surface area contributed by atoms with Crippen molar-refractivity contribution in [1.82, 2.24) is 9.80 Å². The second-order valence-electron chi connectivity index (χ2n) is 5.70. The van der Waals surface area contributed by atoms with Gasteiger partial charge in [-0.2, -0.15) is 0 Å². The molecule has 19 heavy (non-hydrogen) atoms. The summed E-state index contributed by atoms with van der Waals surface area (Å²) in [6.07, 6.45) is 5.74. The van der Waals surface area contributed by atoms with E-state index in [1.54, 1.807) is 0 Å². The summed E-state index contributed by atoms with van der Waals surface area (Å²) < 4.78 is 5.39. The Morgan fingerprint density at radius 2 is 1.79 bits per heavy atom. The Hall–Kier alpha value is -0.610. The van der Waals surface area contributed by atoms with Crippen molar-refractivity contribution in [2.45, 2.75) is 39.0 Å². The van der Waals surface area contributed by atoms with Crippen molar-refractivity contribution in [2.75, 3.05) is 45.9 Å². The first-order valence-corrected chi connectivity index (χ1v) is 7.90. The standard InChI is InChI=1S/C15H28N2O2/c1-2-19-13-12-16-10-6-14(7-11-16)15(18)17-8-4-3-5-9-17/h14H,2-13H2,1H3. The van der Waals surface area contributed by atoms with Crippen molar-refractivity contribution >= 4 is 5.91 Å². The van der Waals surface area contributed by atoms with E-state index in [1.807, 2.05) is 6.92 Å². The monoisotopic (exact) mass is 268 g/mol. The fourth-order valence-electron chi connectivity index (χ4n) is 3.11. The van der Waals surface area contributed by atoms with Crippen molar-refractivity contribution in [1.29, 1.82) is 0 Å². The molecule has 0 bridgehead atoms. The van der Waals surface area contributed by atoms with E-state index in [-0.39, 0.29) is 5.92 Å². The average Bonchev–Trinajstić information content (AvgIpc) is 2.48. The zero-order valence-electron chi connectivity index (χ0n) is 12.3. The molecule has 0 radical (unpaired) electrons. The maximum absolute atomic E-state index is 12.4. The third-order valence-electron chi connectivity index (χ3n) is 4.36. The number of hydrogen-bond acceptors (Lipinski definition) is 3. The molecular weight excluding hydrogens is 240 g/mol. The predicted octanol–water partition coefficient (Wildman–Crippen LogP) is 1.75. The first-order valence-electron chi connectivity index (χ1n) is 7.90. The van der Waals surface area contributed by atoms with Crippen LogP contribution in [0.15, 0.2) is 0 Å². The van der Waals surface area contributed by atoms with Crippen molar-refractivity contribution in [3.63, 3.8) is 0 Å². The summed E-state index contributed by atoms with van der Waals surface area (Å²) in [5, 5.41) is 0. The van der Waals surface area contributed by atoms with E-state index in [1.165, 1.54) is 19.3 Å². The minimum Gasteiger partial charge on any atom is -0.380 e. The van der Waals surface area contributed by atoms with Gasteiger partial charge in [-0.1, -0.05) is 0 Å². The molecule has 0 N–H and O–H groups in total. The molecule has 0 unspecified atom stereocenters. The number of likely N-dealkylation sites (tertiary alicyclic amines) is 2. The number of piperidine rings is 2. The van der Waals surface area contributed by atoms with Crippen LogP contribution in [0.5, 0.6) is 0 Å². The van der Waals surface area contributed by atoms with Crippen LogP contribution in [0.4, 0.5) is 0 Å². The molecule has 0 saturated carbocycles. The molecule has 2 fully saturated rings. The molecule has 2 aliphatic rings. The quantitative estimate of drug-likeness (QED) is 0.712. The van der Waals surface area contributed by atoms with Crippen molar-refractivity contribution < 1.29 is 9.53 Å². The van der Waals surface area contributed by atoms with Gasteiger partial charge in [-0.15, -0.1) is 0 Å². The third-order valence-corrected chi connectivity index (χ3v) is 4.36. The maximum atomic E-state index is 12.4. The Morgan fingerprint density at radius 3 is 2.42 bits per heavy atom. The molecular formula is C15H28N2O2. The Morgan fingerprint density at radius 1 is 1.11 bits per heavy atom. The number of hydrogen-bond donors (Lipinski definition) is 0. The van der Waals surface area contributed by atoms with Crippen LogP contribution in [0.1, 0.15) is 39.0 Å². The lowest BCUT2D eigenvalue weighted by molar-refractivity contribution is -0.138. The average molecular weight is 268 g/mol. The van der Waals surface area contributed by atoms with Gasteiger partial charge in [0.05, 0.1) is 6.61 Å². The highest BCUT2D eigenvalue weighted by Gasteiger charge is 2.28. The molecule has 1 amide bonds. The van der Waals surface area contributed by atoms with Gasteiger partial charge in [-0.3, -0.25) is 4.79 Å². The Bertz CT molecular complexity index is 269. The highest BCUT2D eigenvalue weighted by atomic mass is 16.5. The van der Waals surface area contributed by atoms with E-state index in [9.17, 15) is 4.79 Å². The zero-order valence-corrected chi connectivity index (χ0v) is 12.3. The van der Waals surface area contributed by atoms with Crippen molar-refractivity contribution in [3.05, 3.63) is 0 Å². The van der Waals surface area contributed by atoms with Gasteiger partial charge in [0.25, 0.3) is 0 Å². The smallest absolute Gasteiger partial charge is 0.225 e. The second kappa shape index (κ2) is 7.85. The SMILES string of the molecule is CCOCCN1CCC(C(=O)N2CCCCC2)CC1. The summed E-state index contributed by atoms with van der Waals surface area (Å²) in [6.45, 7) is 8.74. The van der Waals surface area contributed by atoms with Gasteiger partial charge in [0.1, 0.15) is 0 Å². The van der Waals surface area contributed by atoms with E-state index < -0.39 is 0 Å². The molecule has 0 aromatic rings. The highest BCUT2D eigenvalue weighted by Crippen LogP contribution is 2.21. The third kappa shape index (κ3) is 4.46. The minimum absolute atomic E-state index is 0.279. The van der Waals surface area contributed by atoms with Crippen LogP contribution in [0.2, 0.25) is 0 Å². The van der Waals surface area contributed by atoms with E-state index >= 15 is 0 Å². The summed E-state index contributed by atoms with van der Waals surface area (Å²) in [5.41, 5.74) is 0. The van der Waals surface area contributed by atoms with Crippen LogP contribution >= 0.6 is 0 Å². The summed E-state index contributed by atoms with van der Waals surface area (Å²) in [6, 6.07) is 0. The number of ether oxygens (including phenoxy) is 1. The van der Waals surface area contributed by atoms with Crippen LogP contribution in [-0.2, 0) is 9.53 Å². The van der Waals surface area contributed by atoms with E-state index in [0.29, 0.717) is 5.91 Å². The lowest BCUT2D eigenvalue weighted by Gasteiger charge is -2.35. The fourth-order valence-corrected chi connectivity index (χ4v) is 3.11. The molecule has 4 nitrogen and oxygen atoms in total. The largest absolute Gasteiger partial charge is 0.380 e. The van der Waals surface area contributed by atoms with E-state index in [2.05, 4.69) is 9.80 Å². The van der Waals surface area contributed by atoms with E-state index in [4.69, 9.17) is 4.74 Å².